The molecule has 1 unspecified atom stereocenters. The molecule has 1 fully saturated rings. The zero-order chi connectivity index (χ0) is 10.4. The molecule has 0 heterocycles. The van der Waals surface area contributed by atoms with Crippen molar-refractivity contribution < 1.29 is 4.79 Å². The van der Waals surface area contributed by atoms with E-state index in [0.29, 0.717) is 12.5 Å². The Morgan fingerprint density at radius 3 is 2.64 bits per heavy atom. The minimum atomic E-state index is 0.104. The van der Waals surface area contributed by atoms with E-state index in [1.54, 1.807) is 0 Å². The first-order chi connectivity index (χ1) is 6.68. The van der Waals surface area contributed by atoms with Gasteiger partial charge in [-0.2, -0.15) is 0 Å². The zero-order valence-electron chi connectivity index (χ0n) is 8.89. The molecule has 3 heteroatoms. The van der Waals surface area contributed by atoms with Crippen LogP contribution in [0.5, 0.6) is 0 Å². The third-order valence-corrected chi connectivity index (χ3v) is 2.96. The molecule has 1 rings (SSSR count). The fraction of sp³-hybridized carbons (Fsp3) is 0.909. The van der Waals surface area contributed by atoms with E-state index in [1.165, 1.54) is 19.3 Å². The second-order valence-corrected chi connectivity index (χ2v) is 4.97. The third kappa shape index (κ3) is 4.85. The topological polar surface area (TPSA) is 29.1 Å². The maximum atomic E-state index is 11.4. The lowest BCUT2D eigenvalue weighted by Gasteiger charge is -2.22. The maximum absolute atomic E-state index is 11.4. The van der Waals surface area contributed by atoms with Gasteiger partial charge in [0.25, 0.3) is 0 Å². The Bertz CT molecular complexity index is 176. The van der Waals surface area contributed by atoms with E-state index < -0.39 is 0 Å². The Hall–Kier alpha value is -0.240. The van der Waals surface area contributed by atoms with Crippen LogP contribution in [0.1, 0.15) is 51.9 Å². The molecule has 1 amide bonds. The monoisotopic (exact) mass is 217 g/mol. The van der Waals surface area contributed by atoms with Gasteiger partial charge in [-0.25, -0.2) is 0 Å². The molecule has 2 nitrogen and oxygen atoms in total. The molecule has 1 aliphatic rings. The molecule has 0 aromatic carbocycles. The normalized spacial score (nSPS) is 20.4. The molecule has 0 spiro atoms. The van der Waals surface area contributed by atoms with Crippen LogP contribution in [0.4, 0.5) is 0 Å². The van der Waals surface area contributed by atoms with Crippen LogP contribution in [0.2, 0.25) is 0 Å². The van der Waals surface area contributed by atoms with E-state index in [9.17, 15) is 4.79 Å². The predicted molar refractivity (Wildman–Crippen MR) is 59.6 cm³/mol. The highest BCUT2D eigenvalue weighted by atomic mass is 35.5. The van der Waals surface area contributed by atoms with Gasteiger partial charge in [0, 0.05) is 17.8 Å². The van der Waals surface area contributed by atoms with Crippen LogP contribution < -0.4 is 5.32 Å². The van der Waals surface area contributed by atoms with E-state index in [4.69, 9.17) is 11.6 Å². The smallest absolute Gasteiger partial charge is 0.220 e. The number of hydrogen-bond donors (Lipinski definition) is 1. The van der Waals surface area contributed by atoms with Crippen LogP contribution in [-0.4, -0.2) is 17.3 Å². The summed E-state index contributed by atoms with van der Waals surface area (Å²) >= 11 is 5.78. The minimum absolute atomic E-state index is 0.104. The number of amides is 1. The fourth-order valence-electron chi connectivity index (χ4n) is 1.88. The van der Waals surface area contributed by atoms with Crippen molar-refractivity contribution in [2.24, 2.45) is 0 Å². The van der Waals surface area contributed by atoms with Crippen molar-refractivity contribution in [1.82, 2.24) is 5.32 Å². The lowest BCUT2D eigenvalue weighted by Crippen LogP contribution is -2.36. The van der Waals surface area contributed by atoms with Crippen molar-refractivity contribution in [3.63, 3.8) is 0 Å². The first kappa shape index (κ1) is 11.8. The standard InChI is InChI=1S/C11H20ClNO/c1-9(12)7-8-11(14)13-10-5-3-2-4-6-10/h9-10H,2-8H2,1H3,(H,13,14). The van der Waals surface area contributed by atoms with Crippen molar-refractivity contribution in [2.45, 2.75) is 63.3 Å². The molecule has 0 aliphatic heterocycles. The Kier molecular flexibility index (Phi) is 5.31. The van der Waals surface area contributed by atoms with Crippen molar-refractivity contribution in [2.75, 3.05) is 0 Å². The summed E-state index contributed by atoms with van der Waals surface area (Å²) in [5.41, 5.74) is 0. The highest BCUT2D eigenvalue weighted by Crippen LogP contribution is 2.17. The van der Waals surface area contributed by atoms with Crippen LogP contribution in [0.3, 0.4) is 0 Å². The van der Waals surface area contributed by atoms with Gasteiger partial charge in [-0.1, -0.05) is 19.3 Å². The van der Waals surface area contributed by atoms with Crippen LogP contribution >= 0.6 is 11.6 Å². The maximum Gasteiger partial charge on any atom is 0.220 e. The predicted octanol–water partition coefficient (Wildman–Crippen LogP) is 2.84. The van der Waals surface area contributed by atoms with Crippen LogP contribution in [0.25, 0.3) is 0 Å². The van der Waals surface area contributed by atoms with Crippen molar-refractivity contribution in [1.29, 1.82) is 0 Å². The van der Waals surface area contributed by atoms with Gasteiger partial charge in [-0.15, -0.1) is 11.6 Å². The number of rotatable bonds is 4. The van der Waals surface area contributed by atoms with Gasteiger partial charge in [0.1, 0.15) is 0 Å². The third-order valence-electron chi connectivity index (χ3n) is 2.74. The molecule has 0 saturated heterocycles. The van der Waals surface area contributed by atoms with Gasteiger partial charge in [-0.3, -0.25) is 4.79 Å². The lowest BCUT2D eigenvalue weighted by molar-refractivity contribution is -0.122. The number of alkyl halides is 1. The molecule has 0 aromatic rings. The summed E-state index contributed by atoms with van der Waals surface area (Å²) in [7, 11) is 0. The van der Waals surface area contributed by atoms with Gasteiger partial charge < -0.3 is 5.32 Å². The number of carbonyl (C=O) groups excluding carboxylic acids is 1. The van der Waals surface area contributed by atoms with Crippen LogP contribution in [0.15, 0.2) is 0 Å². The highest BCUT2D eigenvalue weighted by Gasteiger charge is 2.15. The lowest BCUT2D eigenvalue weighted by atomic mass is 9.95. The molecule has 14 heavy (non-hydrogen) atoms. The minimum Gasteiger partial charge on any atom is -0.353 e. The molecule has 1 atom stereocenters. The molecule has 0 radical (unpaired) electrons. The average Bonchev–Trinajstić information content (AvgIpc) is 2.16. The molecule has 82 valence electrons. The SMILES string of the molecule is CC(Cl)CCC(=O)NC1CCCCC1. The first-order valence-electron chi connectivity index (χ1n) is 5.62. The molecule has 1 saturated carbocycles. The van der Waals surface area contributed by atoms with Gasteiger partial charge in [0.2, 0.25) is 5.91 Å². The number of carbonyl (C=O) groups is 1. The molecule has 0 aromatic heterocycles. The summed E-state index contributed by atoms with van der Waals surface area (Å²) in [5.74, 6) is 0.171. The zero-order valence-corrected chi connectivity index (χ0v) is 9.65. The fourth-order valence-corrected chi connectivity index (χ4v) is 1.99. The molecular weight excluding hydrogens is 198 g/mol. The van der Waals surface area contributed by atoms with Gasteiger partial charge in [0.05, 0.1) is 0 Å². The van der Waals surface area contributed by atoms with E-state index in [1.807, 2.05) is 6.92 Å². The van der Waals surface area contributed by atoms with E-state index >= 15 is 0 Å². The van der Waals surface area contributed by atoms with E-state index in [0.717, 1.165) is 19.3 Å². The van der Waals surface area contributed by atoms with Crippen molar-refractivity contribution in [3.05, 3.63) is 0 Å². The van der Waals surface area contributed by atoms with Gasteiger partial charge >= 0.3 is 0 Å². The summed E-state index contributed by atoms with van der Waals surface area (Å²) in [5, 5.41) is 3.18. The summed E-state index contributed by atoms with van der Waals surface area (Å²) in [4.78, 5) is 11.4. The number of hydrogen-bond acceptors (Lipinski definition) is 1. The van der Waals surface area contributed by atoms with Gasteiger partial charge in [0.15, 0.2) is 0 Å². The van der Waals surface area contributed by atoms with Crippen LogP contribution in [0, 0.1) is 0 Å². The van der Waals surface area contributed by atoms with Crippen molar-refractivity contribution >= 4 is 17.5 Å². The molecule has 1 N–H and O–H groups in total. The van der Waals surface area contributed by atoms with E-state index in [-0.39, 0.29) is 11.3 Å². The summed E-state index contributed by atoms with van der Waals surface area (Å²) < 4.78 is 0. The Morgan fingerprint density at radius 2 is 2.07 bits per heavy atom. The second kappa shape index (κ2) is 6.28. The van der Waals surface area contributed by atoms with Crippen molar-refractivity contribution in [3.8, 4) is 0 Å². The largest absolute Gasteiger partial charge is 0.353 e. The van der Waals surface area contributed by atoms with Crippen LogP contribution in [-0.2, 0) is 4.79 Å². The Morgan fingerprint density at radius 1 is 1.43 bits per heavy atom. The quantitative estimate of drug-likeness (QED) is 0.721. The summed E-state index contributed by atoms with van der Waals surface area (Å²) in [6, 6.07) is 0.432. The average molecular weight is 218 g/mol. The molecule has 1 aliphatic carbocycles. The molecular formula is C11H20ClNO. The number of halogens is 1. The Labute approximate surface area is 91.4 Å². The van der Waals surface area contributed by atoms with E-state index in [2.05, 4.69) is 5.32 Å². The number of nitrogens with one attached hydrogen (secondary N) is 1. The Balaban J connectivity index is 2.12. The summed E-state index contributed by atoms with van der Waals surface area (Å²) in [6.07, 6.45) is 7.50. The molecule has 0 bridgehead atoms. The highest BCUT2D eigenvalue weighted by molar-refractivity contribution is 6.20. The summed E-state index contributed by atoms with van der Waals surface area (Å²) in [6.45, 7) is 1.93. The second-order valence-electron chi connectivity index (χ2n) is 4.22. The van der Waals surface area contributed by atoms with Gasteiger partial charge in [-0.05, 0) is 26.2 Å². The first-order valence-corrected chi connectivity index (χ1v) is 6.05.